The third-order valence-electron chi connectivity index (χ3n) is 4.44. The number of carbonyl (C=O) groups is 5. The Labute approximate surface area is 166 Å². The molecule has 1 saturated heterocycles. The van der Waals surface area contributed by atoms with E-state index in [1.165, 1.54) is 6.92 Å². The van der Waals surface area contributed by atoms with Gasteiger partial charge in [-0.1, -0.05) is 0 Å². The van der Waals surface area contributed by atoms with Gasteiger partial charge in [-0.3, -0.25) is 19.2 Å². The Balaban J connectivity index is 2.93. The molecule has 1 rings (SSSR count). The van der Waals surface area contributed by atoms with Crippen molar-refractivity contribution in [2.75, 3.05) is 13.2 Å². The highest BCUT2D eigenvalue weighted by molar-refractivity contribution is 5.95. The summed E-state index contributed by atoms with van der Waals surface area (Å²) in [6.07, 6.45) is -1.30. The van der Waals surface area contributed by atoms with Crippen LogP contribution in [-0.4, -0.2) is 93.2 Å². The highest BCUT2D eigenvalue weighted by Gasteiger charge is 2.40. The van der Waals surface area contributed by atoms with E-state index in [1.807, 2.05) is 0 Å². The number of primary amides is 1. The number of aliphatic hydroxyl groups is 2. The Morgan fingerprint density at radius 3 is 2.31 bits per heavy atom. The van der Waals surface area contributed by atoms with Gasteiger partial charge in [0.1, 0.15) is 24.2 Å². The lowest BCUT2D eigenvalue weighted by Crippen LogP contribution is -2.60. The van der Waals surface area contributed by atoms with Gasteiger partial charge in [0.2, 0.25) is 23.6 Å². The van der Waals surface area contributed by atoms with Crippen LogP contribution in [0.1, 0.15) is 26.2 Å². The molecule has 4 amide bonds. The maximum absolute atomic E-state index is 12.8. The van der Waals surface area contributed by atoms with E-state index in [0.29, 0.717) is 6.42 Å². The molecule has 9 N–H and O–H groups in total. The molecule has 1 heterocycles. The Hall–Kier alpha value is -2.77. The smallest absolute Gasteiger partial charge is 0.326 e. The quantitative estimate of drug-likeness (QED) is 0.182. The van der Waals surface area contributed by atoms with Crippen molar-refractivity contribution in [1.29, 1.82) is 0 Å². The van der Waals surface area contributed by atoms with E-state index < -0.39 is 72.9 Å². The number of rotatable bonds is 10. The zero-order valence-corrected chi connectivity index (χ0v) is 15.9. The van der Waals surface area contributed by atoms with E-state index in [4.69, 9.17) is 21.7 Å². The molecule has 0 aromatic rings. The first-order chi connectivity index (χ1) is 13.5. The van der Waals surface area contributed by atoms with Gasteiger partial charge in [-0.25, -0.2) is 4.79 Å². The number of hydrogen-bond donors (Lipinski definition) is 7. The van der Waals surface area contributed by atoms with E-state index in [9.17, 15) is 29.1 Å². The molecule has 5 atom stereocenters. The predicted octanol–water partition coefficient (Wildman–Crippen LogP) is -4.39. The lowest BCUT2D eigenvalue weighted by Gasteiger charge is -2.30. The molecular formula is C16H27N5O8. The third kappa shape index (κ3) is 6.66. The molecule has 0 radical (unpaired) electrons. The Morgan fingerprint density at radius 1 is 1.21 bits per heavy atom. The molecule has 0 aromatic carbocycles. The summed E-state index contributed by atoms with van der Waals surface area (Å²) in [5.74, 6) is -4.81. The average molecular weight is 417 g/mol. The summed E-state index contributed by atoms with van der Waals surface area (Å²) in [5, 5.41) is 32.3. The molecule has 1 fully saturated rings. The highest BCUT2D eigenvalue weighted by atomic mass is 16.4. The molecule has 0 spiro atoms. The summed E-state index contributed by atoms with van der Waals surface area (Å²) in [4.78, 5) is 60.5. The van der Waals surface area contributed by atoms with Gasteiger partial charge >= 0.3 is 5.97 Å². The van der Waals surface area contributed by atoms with Crippen LogP contribution >= 0.6 is 0 Å². The summed E-state index contributed by atoms with van der Waals surface area (Å²) in [5.41, 5.74) is 10.4. The molecule has 0 saturated carbocycles. The monoisotopic (exact) mass is 417 g/mol. The fourth-order valence-electron chi connectivity index (χ4n) is 2.88. The van der Waals surface area contributed by atoms with Gasteiger partial charge in [-0.05, 0) is 19.8 Å². The van der Waals surface area contributed by atoms with Crippen LogP contribution in [0.25, 0.3) is 0 Å². The molecule has 1 aliphatic heterocycles. The maximum atomic E-state index is 12.8. The van der Waals surface area contributed by atoms with Crippen LogP contribution in [0.4, 0.5) is 0 Å². The first kappa shape index (κ1) is 24.3. The molecule has 1 aliphatic rings. The standard InChI is InChI=1S/C16H27N5O8/c1-7(23)12(20-13(25)8(17)6-22)15(27)21-4-2-3-10(21)14(26)19-9(16(28)29)5-11(18)24/h7-10,12,22-23H,2-6,17H2,1H3,(H2,18,24)(H,19,26)(H,20,25)(H,28,29). The molecular weight excluding hydrogens is 390 g/mol. The zero-order valence-electron chi connectivity index (χ0n) is 15.9. The van der Waals surface area contributed by atoms with Crippen molar-refractivity contribution in [1.82, 2.24) is 15.5 Å². The van der Waals surface area contributed by atoms with Crippen LogP contribution in [0.5, 0.6) is 0 Å². The molecule has 5 unspecified atom stereocenters. The molecule has 0 bridgehead atoms. The SMILES string of the molecule is CC(O)C(NC(=O)C(N)CO)C(=O)N1CCCC1C(=O)NC(CC(N)=O)C(=O)O. The maximum Gasteiger partial charge on any atom is 0.326 e. The second-order valence-corrected chi connectivity index (χ2v) is 6.78. The van der Waals surface area contributed by atoms with Crippen molar-refractivity contribution in [3.8, 4) is 0 Å². The van der Waals surface area contributed by atoms with Gasteiger partial charge in [-0.2, -0.15) is 0 Å². The minimum Gasteiger partial charge on any atom is -0.480 e. The van der Waals surface area contributed by atoms with Gasteiger partial charge in [0, 0.05) is 6.54 Å². The molecule has 29 heavy (non-hydrogen) atoms. The number of nitrogens with one attached hydrogen (secondary N) is 2. The van der Waals surface area contributed by atoms with Gasteiger partial charge in [0.25, 0.3) is 0 Å². The number of amides is 4. The summed E-state index contributed by atoms with van der Waals surface area (Å²) in [6, 6.07) is -5.32. The van der Waals surface area contributed by atoms with E-state index in [2.05, 4.69) is 10.6 Å². The average Bonchev–Trinajstić information content (AvgIpc) is 3.13. The highest BCUT2D eigenvalue weighted by Crippen LogP contribution is 2.20. The number of carboxylic acids is 1. The van der Waals surface area contributed by atoms with E-state index in [-0.39, 0.29) is 13.0 Å². The predicted molar refractivity (Wildman–Crippen MR) is 96.8 cm³/mol. The molecule has 13 heteroatoms. The number of carbonyl (C=O) groups excluding carboxylic acids is 4. The van der Waals surface area contributed by atoms with E-state index in [0.717, 1.165) is 4.90 Å². The largest absolute Gasteiger partial charge is 0.480 e. The molecule has 13 nitrogen and oxygen atoms in total. The molecule has 0 aliphatic carbocycles. The van der Waals surface area contributed by atoms with E-state index >= 15 is 0 Å². The first-order valence-electron chi connectivity index (χ1n) is 8.96. The van der Waals surface area contributed by atoms with Crippen molar-refractivity contribution in [3.05, 3.63) is 0 Å². The lowest BCUT2D eigenvalue weighted by molar-refractivity contribution is -0.146. The second-order valence-electron chi connectivity index (χ2n) is 6.78. The van der Waals surface area contributed by atoms with Crippen molar-refractivity contribution in [3.63, 3.8) is 0 Å². The van der Waals surface area contributed by atoms with Crippen molar-refractivity contribution in [2.45, 2.75) is 56.5 Å². The van der Waals surface area contributed by atoms with E-state index in [1.54, 1.807) is 0 Å². The lowest BCUT2D eigenvalue weighted by atomic mass is 10.1. The van der Waals surface area contributed by atoms with Crippen molar-refractivity contribution >= 4 is 29.6 Å². The van der Waals surface area contributed by atoms with Gasteiger partial charge < -0.3 is 42.3 Å². The molecule has 164 valence electrons. The normalized spacial score (nSPS) is 20.3. The molecule has 0 aromatic heterocycles. The number of nitrogens with zero attached hydrogens (tertiary/aromatic N) is 1. The topological polar surface area (TPSA) is 225 Å². The Bertz CT molecular complexity index is 655. The minimum absolute atomic E-state index is 0.135. The van der Waals surface area contributed by atoms with Gasteiger partial charge in [0.05, 0.1) is 19.1 Å². The number of carboxylic acid groups (broad SMARTS) is 1. The number of likely N-dealkylation sites (tertiary alicyclic amines) is 1. The number of aliphatic hydroxyl groups excluding tert-OH is 2. The summed E-state index contributed by atoms with van der Waals surface area (Å²) in [7, 11) is 0. The van der Waals surface area contributed by atoms with Crippen LogP contribution in [-0.2, 0) is 24.0 Å². The number of hydrogen-bond acceptors (Lipinski definition) is 8. The third-order valence-corrected chi connectivity index (χ3v) is 4.44. The van der Waals surface area contributed by atoms with Crippen LogP contribution < -0.4 is 22.1 Å². The van der Waals surface area contributed by atoms with Crippen LogP contribution in [0.3, 0.4) is 0 Å². The van der Waals surface area contributed by atoms with Crippen molar-refractivity contribution in [2.24, 2.45) is 11.5 Å². The number of aliphatic carboxylic acids is 1. The van der Waals surface area contributed by atoms with Crippen LogP contribution in [0, 0.1) is 0 Å². The fourth-order valence-corrected chi connectivity index (χ4v) is 2.88. The van der Waals surface area contributed by atoms with Crippen LogP contribution in [0.2, 0.25) is 0 Å². The summed E-state index contributed by atoms with van der Waals surface area (Å²) < 4.78 is 0. The van der Waals surface area contributed by atoms with Gasteiger partial charge in [0.15, 0.2) is 0 Å². The minimum atomic E-state index is -1.55. The fraction of sp³-hybridized carbons (Fsp3) is 0.688. The van der Waals surface area contributed by atoms with Gasteiger partial charge in [-0.15, -0.1) is 0 Å². The Morgan fingerprint density at radius 2 is 1.83 bits per heavy atom. The Kier molecular flexibility index (Phi) is 8.94. The zero-order chi connectivity index (χ0) is 22.3. The second kappa shape index (κ2) is 10.7. The summed E-state index contributed by atoms with van der Waals surface area (Å²) >= 11 is 0. The summed E-state index contributed by atoms with van der Waals surface area (Å²) in [6.45, 7) is 0.721. The first-order valence-corrected chi connectivity index (χ1v) is 8.96. The van der Waals surface area contributed by atoms with Crippen LogP contribution in [0.15, 0.2) is 0 Å². The number of nitrogens with two attached hydrogens (primary N) is 2. The van der Waals surface area contributed by atoms with Crippen molar-refractivity contribution < 1.29 is 39.3 Å².